The third-order valence-electron chi connectivity index (χ3n) is 3.41. The summed E-state index contributed by atoms with van der Waals surface area (Å²) in [5.41, 5.74) is 1.81. The van der Waals surface area contributed by atoms with Crippen LogP contribution in [0.4, 0.5) is 5.69 Å². The highest BCUT2D eigenvalue weighted by molar-refractivity contribution is 6.35. The fourth-order valence-corrected chi connectivity index (χ4v) is 2.75. The molecule has 0 aromatic heterocycles. The van der Waals surface area contributed by atoms with E-state index in [0.29, 0.717) is 27.0 Å². The number of carbonyl (C=O) groups excluding carboxylic acids is 2. The maximum atomic E-state index is 12.2. The second-order valence-corrected chi connectivity index (χ2v) is 5.69. The van der Waals surface area contributed by atoms with Gasteiger partial charge in [0.05, 0.1) is 12.2 Å². The van der Waals surface area contributed by atoms with Crippen LogP contribution < -0.4 is 9.64 Å². The van der Waals surface area contributed by atoms with Gasteiger partial charge in [-0.05, 0) is 35.9 Å². The van der Waals surface area contributed by atoms with Crippen molar-refractivity contribution in [2.75, 3.05) is 11.5 Å². The normalized spacial score (nSPS) is 13.5. The summed E-state index contributed by atoms with van der Waals surface area (Å²) in [5.74, 6) is 0.372. The number of benzene rings is 2. The molecule has 112 valence electrons. The molecule has 6 heteroatoms. The molecular formula is C16H11Cl2NO3. The lowest BCUT2D eigenvalue weighted by Gasteiger charge is -2.30. The Balaban J connectivity index is 1.99. The zero-order valence-electron chi connectivity index (χ0n) is 11.4. The zero-order valence-corrected chi connectivity index (χ0v) is 12.9. The van der Waals surface area contributed by atoms with E-state index in [0.717, 1.165) is 11.8 Å². The molecule has 0 aliphatic carbocycles. The van der Waals surface area contributed by atoms with Gasteiger partial charge in [0, 0.05) is 15.6 Å². The summed E-state index contributed by atoms with van der Waals surface area (Å²) in [5, 5.41) is 1.02. The lowest BCUT2D eigenvalue weighted by molar-refractivity contribution is -0.121. The first-order valence-corrected chi connectivity index (χ1v) is 7.30. The van der Waals surface area contributed by atoms with Crippen molar-refractivity contribution in [3.05, 3.63) is 57.6 Å². The quantitative estimate of drug-likeness (QED) is 0.803. The van der Waals surface area contributed by atoms with Crippen molar-refractivity contribution in [2.45, 2.75) is 6.54 Å². The largest absolute Gasteiger partial charge is 0.482 e. The minimum atomic E-state index is -0.193. The van der Waals surface area contributed by atoms with Gasteiger partial charge >= 0.3 is 0 Å². The highest BCUT2D eigenvalue weighted by atomic mass is 35.5. The molecule has 0 saturated heterocycles. The average molecular weight is 336 g/mol. The van der Waals surface area contributed by atoms with Crippen LogP contribution >= 0.6 is 23.2 Å². The molecule has 0 saturated carbocycles. The van der Waals surface area contributed by atoms with Crippen LogP contribution in [0.3, 0.4) is 0 Å². The first kappa shape index (κ1) is 14.9. The predicted molar refractivity (Wildman–Crippen MR) is 85.0 cm³/mol. The molecule has 0 bridgehead atoms. The summed E-state index contributed by atoms with van der Waals surface area (Å²) in [6.45, 7) is 0.242. The number of carbonyl (C=O) groups is 2. The summed E-state index contributed by atoms with van der Waals surface area (Å²) in [7, 11) is 0. The highest BCUT2D eigenvalue weighted by Gasteiger charge is 2.26. The number of hydrogen-bond acceptors (Lipinski definition) is 3. The van der Waals surface area contributed by atoms with Crippen molar-refractivity contribution in [1.82, 2.24) is 0 Å². The number of rotatable bonds is 3. The number of fused-ring (bicyclic) bond motifs is 1. The van der Waals surface area contributed by atoms with Crippen molar-refractivity contribution in [2.24, 2.45) is 0 Å². The molecule has 1 amide bonds. The molecule has 0 unspecified atom stereocenters. The second kappa shape index (κ2) is 5.99. The van der Waals surface area contributed by atoms with E-state index in [1.54, 1.807) is 41.3 Å². The first-order chi connectivity index (χ1) is 10.6. The molecule has 2 aromatic rings. The smallest absolute Gasteiger partial charge is 0.265 e. The summed E-state index contributed by atoms with van der Waals surface area (Å²) in [6.07, 6.45) is 0.729. The van der Waals surface area contributed by atoms with E-state index >= 15 is 0 Å². The van der Waals surface area contributed by atoms with Gasteiger partial charge in [-0.1, -0.05) is 29.3 Å². The van der Waals surface area contributed by atoms with E-state index in [-0.39, 0.29) is 19.1 Å². The Bertz CT molecular complexity index is 761. The molecule has 1 aliphatic rings. The van der Waals surface area contributed by atoms with Crippen LogP contribution in [0, 0.1) is 0 Å². The van der Waals surface area contributed by atoms with E-state index in [9.17, 15) is 9.59 Å². The molecule has 3 rings (SSSR count). The first-order valence-electron chi connectivity index (χ1n) is 6.55. The number of hydrogen-bond donors (Lipinski definition) is 0. The van der Waals surface area contributed by atoms with Crippen LogP contribution in [0.2, 0.25) is 10.0 Å². The maximum absolute atomic E-state index is 12.2. The molecule has 1 aliphatic heterocycles. The number of amides is 1. The van der Waals surface area contributed by atoms with Gasteiger partial charge in [0.25, 0.3) is 5.91 Å². The third kappa shape index (κ3) is 2.80. The minimum Gasteiger partial charge on any atom is -0.482 e. The van der Waals surface area contributed by atoms with Gasteiger partial charge < -0.3 is 9.64 Å². The van der Waals surface area contributed by atoms with E-state index in [4.69, 9.17) is 27.9 Å². The number of halogens is 2. The Morgan fingerprint density at radius 1 is 1.18 bits per heavy atom. The standard InChI is InChI=1S/C16H11Cl2NO3/c17-12-3-2-11(13(18)6-12)7-19-14-5-10(8-20)1-4-15(14)22-9-16(19)21/h1-6,8H,7,9H2. The van der Waals surface area contributed by atoms with Gasteiger partial charge in [-0.15, -0.1) is 0 Å². The van der Waals surface area contributed by atoms with E-state index in [2.05, 4.69) is 0 Å². The van der Waals surface area contributed by atoms with Crippen molar-refractivity contribution >= 4 is 41.1 Å². The lowest BCUT2D eigenvalue weighted by atomic mass is 10.1. The Kier molecular flexibility index (Phi) is 4.05. The molecular weight excluding hydrogens is 325 g/mol. The van der Waals surface area contributed by atoms with Gasteiger partial charge in [-0.2, -0.15) is 0 Å². The molecule has 0 spiro atoms. The summed E-state index contributed by atoms with van der Waals surface area (Å²) < 4.78 is 5.39. The lowest BCUT2D eigenvalue weighted by Crippen LogP contribution is -2.38. The maximum Gasteiger partial charge on any atom is 0.265 e. The van der Waals surface area contributed by atoms with Crippen LogP contribution in [0.25, 0.3) is 0 Å². The Labute approximate surface area is 137 Å². The fourth-order valence-electron chi connectivity index (χ4n) is 2.29. The second-order valence-electron chi connectivity index (χ2n) is 4.85. The van der Waals surface area contributed by atoms with Crippen molar-refractivity contribution in [3.8, 4) is 5.75 Å². The van der Waals surface area contributed by atoms with Crippen molar-refractivity contribution < 1.29 is 14.3 Å². The predicted octanol–water partition coefficient (Wildman–Crippen LogP) is 3.73. The molecule has 22 heavy (non-hydrogen) atoms. The van der Waals surface area contributed by atoms with Crippen molar-refractivity contribution in [1.29, 1.82) is 0 Å². The molecule has 0 atom stereocenters. The Hall–Kier alpha value is -2.04. The van der Waals surface area contributed by atoms with Crippen LogP contribution in [0.5, 0.6) is 5.75 Å². The number of nitrogens with zero attached hydrogens (tertiary/aromatic N) is 1. The topological polar surface area (TPSA) is 46.6 Å². The SMILES string of the molecule is O=Cc1ccc2c(c1)N(Cc1ccc(Cl)cc1Cl)C(=O)CO2. The van der Waals surface area contributed by atoms with Gasteiger partial charge in [-0.3, -0.25) is 9.59 Å². The number of ether oxygens (including phenoxy) is 1. The fraction of sp³-hybridized carbons (Fsp3) is 0.125. The monoisotopic (exact) mass is 335 g/mol. The van der Waals surface area contributed by atoms with Crippen LogP contribution in [-0.2, 0) is 11.3 Å². The molecule has 1 heterocycles. The molecule has 0 fully saturated rings. The number of anilines is 1. The van der Waals surface area contributed by atoms with Crippen molar-refractivity contribution in [3.63, 3.8) is 0 Å². The van der Waals surface area contributed by atoms with Gasteiger partial charge in [0.2, 0.25) is 0 Å². The van der Waals surface area contributed by atoms with E-state index < -0.39 is 0 Å². The summed E-state index contributed by atoms with van der Waals surface area (Å²) >= 11 is 12.1. The zero-order chi connectivity index (χ0) is 15.7. The van der Waals surface area contributed by atoms with Crippen LogP contribution in [-0.4, -0.2) is 18.8 Å². The summed E-state index contributed by atoms with van der Waals surface area (Å²) in [4.78, 5) is 24.7. The van der Waals surface area contributed by atoms with Crippen LogP contribution in [0.15, 0.2) is 36.4 Å². The van der Waals surface area contributed by atoms with E-state index in [1.807, 2.05) is 0 Å². The molecule has 2 aromatic carbocycles. The third-order valence-corrected chi connectivity index (χ3v) is 3.99. The van der Waals surface area contributed by atoms with Gasteiger partial charge in [0.1, 0.15) is 12.0 Å². The minimum absolute atomic E-state index is 0.0430. The summed E-state index contributed by atoms with van der Waals surface area (Å²) in [6, 6.07) is 10.1. The Morgan fingerprint density at radius 3 is 2.73 bits per heavy atom. The number of aldehydes is 1. The highest BCUT2D eigenvalue weighted by Crippen LogP contribution is 2.34. The molecule has 0 N–H and O–H groups in total. The van der Waals surface area contributed by atoms with E-state index in [1.165, 1.54) is 0 Å². The van der Waals surface area contributed by atoms with Gasteiger partial charge in [-0.25, -0.2) is 0 Å². The molecule has 0 radical (unpaired) electrons. The van der Waals surface area contributed by atoms with Crippen LogP contribution in [0.1, 0.15) is 15.9 Å². The van der Waals surface area contributed by atoms with Gasteiger partial charge in [0.15, 0.2) is 6.61 Å². The average Bonchev–Trinajstić information content (AvgIpc) is 2.51. The molecule has 4 nitrogen and oxygen atoms in total. The Morgan fingerprint density at radius 2 is 2.00 bits per heavy atom.